The van der Waals surface area contributed by atoms with Crippen LogP contribution in [-0.2, 0) is 0 Å². The summed E-state index contributed by atoms with van der Waals surface area (Å²) < 4.78 is 0. The molecule has 0 heterocycles. The van der Waals surface area contributed by atoms with Crippen LogP contribution < -0.4 is 0 Å². The SMILES string of the molecule is CC/C=C/CCCCCCCCCCCCCCCCCCCCC. The molecule has 0 N–H and O–H groups in total. The minimum Gasteiger partial charge on any atom is -0.0888 e. The Morgan fingerprint density at radius 2 is 0.680 bits per heavy atom. The largest absolute Gasteiger partial charge is 0.0888 e. The Balaban J connectivity index is 2.97. The smallest absolute Gasteiger partial charge is 0.0351 e. The molecule has 0 radical (unpaired) electrons. The molecule has 0 atom stereocenters. The van der Waals surface area contributed by atoms with E-state index in [0.29, 0.717) is 0 Å². The molecule has 0 aromatic carbocycles. The van der Waals surface area contributed by atoms with Crippen LogP contribution in [0, 0.1) is 0 Å². The van der Waals surface area contributed by atoms with Crippen molar-refractivity contribution in [1.82, 2.24) is 0 Å². The third-order valence-electron chi connectivity index (χ3n) is 5.38. The maximum absolute atomic E-state index is 2.35. The zero-order valence-electron chi connectivity index (χ0n) is 18.0. The molecule has 0 aliphatic carbocycles. The predicted molar refractivity (Wildman–Crippen MR) is 117 cm³/mol. The highest BCUT2D eigenvalue weighted by molar-refractivity contribution is 4.79. The van der Waals surface area contributed by atoms with Gasteiger partial charge < -0.3 is 0 Å². The minimum atomic E-state index is 1.19. The van der Waals surface area contributed by atoms with Crippen LogP contribution in [0.1, 0.15) is 149 Å². The topological polar surface area (TPSA) is 0 Å². The second-order valence-corrected chi connectivity index (χ2v) is 8.03. The van der Waals surface area contributed by atoms with E-state index in [0.717, 1.165) is 0 Å². The van der Waals surface area contributed by atoms with E-state index in [4.69, 9.17) is 0 Å². The second kappa shape index (κ2) is 23.7. The summed E-state index contributed by atoms with van der Waals surface area (Å²) in [5, 5.41) is 0. The molecule has 25 heavy (non-hydrogen) atoms. The predicted octanol–water partition coefficient (Wildman–Crippen LogP) is 9.77. The van der Waals surface area contributed by atoms with Gasteiger partial charge in [0.1, 0.15) is 0 Å². The minimum absolute atomic E-state index is 1.19. The van der Waals surface area contributed by atoms with E-state index < -0.39 is 0 Å². The summed E-state index contributed by atoms with van der Waals surface area (Å²) in [6.07, 6.45) is 35.0. The molecule has 0 fully saturated rings. The fourth-order valence-electron chi connectivity index (χ4n) is 3.63. The lowest BCUT2D eigenvalue weighted by Crippen LogP contribution is -1.84. The van der Waals surface area contributed by atoms with Crippen LogP contribution in [0.2, 0.25) is 0 Å². The van der Waals surface area contributed by atoms with Crippen LogP contribution in [0.4, 0.5) is 0 Å². The Bertz CT molecular complexity index is 240. The Labute approximate surface area is 161 Å². The van der Waals surface area contributed by atoms with E-state index in [1.54, 1.807) is 0 Å². The normalized spacial score (nSPS) is 11.6. The summed E-state index contributed by atoms with van der Waals surface area (Å²) in [6, 6.07) is 0. The van der Waals surface area contributed by atoms with Crippen molar-refractivity contribution in [1.29, 1.82) is 0 Å². The zero-order chi connectivity index (χ0) is 18.3. The number of unbranched alkanes of at least 4 members (excludes halogenated alkanes) is 19. The molecule has 0 aliphatic heterocycles. The van der Waals surface area contributed by atoms with E-state index in [1.807, 2.05) is 0 Å². The van der Waals surface area contributed by atoms with Gasteiger partial charge >= 0.3 is 0 Å². The third kappa shape index (κ3) is 23.7. The summed E-state index contributed by atoms with van der Waals surface area (Å²) in [4.78, 5) is 0. The average molecular weight is 351 g/mol. The Kier molecular flexibility index (Phi) is 23.5. The summed E-state index contributed by atoms with van der Waals surface area (Å²) in [7, 11) is 0. The highest BCUT2D eigenvalue weighted by atomic mass is 14.0. The maximum atomic E-state index is 2.35. The van der Waals surface area contributed by atoms with Gasteiger partial charge in [-0.3, -0.25) is 0 Å². The van der Waals surface area contributed by atoms with Gasteiger partial charge in [0.15, 0.2) is 0 Å². The number of hydrogen-bond donors (Lipinski definition) is 0. The van der Waals surface area contributed by atoms with Crippen LogP contribution in [-0.4, -0.2) is 0 Å². The molecule has 0 unspecified atom stereocenters. The molecule has 0 aromatic heterocycles. The standard InChI is InChI=1S/C25H50/c1-3-5-7-9-11-13-15-17-19-21-23-25-24-22-20-18-16-14-12-10-8-6-4-2/h5,7H,3-4,6,8-25H2,1-2H3/b7-5+. The molecule has 0 aromatic rings. The molecule has 0 spiro atoms. The number of hydrogen-bond acceptors (Lipinski definition) is 0. The Morgan fingerprint density at radius 3 is 1.00 bits per heavy atom. The van der Waals surface area contributed by atoms with Crippen molar-refractivity contribution in [2.45, 2.75) is 149 Å². The lowest BCUT2D eigenvalue weighted by Gasteiger charge is -2.03. The van der Waals surface area contributed by atoms with E-state index >= 15 is 0 Å². The second-order valence-electron chi connectivity index (χ2n) is 8.03. The highest BCUT2D eigenvalue weighted by Gasteiger charge is 1.95. The molecule has 0 rings (SSSR count). The van der Waals surface area contributed by atoms with Gasteiger partial charge in [-0.05, 0) is 19.3 Å². The first-order valence-electron chi connectivity index (χ1n) is 12.1. The molecular formula is C25H50. The summed E-state index contributed by atoms with van der Waals surface area (Å²) in [5.41, 5.74) is 0. The number of rotatable bonds is 21. The summed E-state index contributed by atoms with van der Waals surface area (Å²) in [5.74, 6) is 0. The Morgan fingerprint density at radius 1 is 0.360 bits per heavy atom. The van der Waals surface area contributed by atoms with Crippen LogP contribution in [0.25, 0.3) is 0 Å². The lowest BCUT2D eigenvalue weighted by molar-refractivity contribution is 0.523. The van der Waals surface area contributed by atoms with Crippen LogP contribution in [0.15, 0.2) is 12.2 Å². The van der Waals surface area contributed by atoms with Crippen LogP contribution in [0.5, 0.6) is 0 Å². The van der Waals surface area contributed by atoms with Gasteiger partial charge in [-0.15, -0.1) is 0 Å². The Hall–Kier alpha value is -0.260. The monoisotopic (exact) mass is 350 g/mol. The zero-order valence-corrected chi connectivity index (χ0v) is 18.0. The van der Waals surface area contributed by atoms with Crippen molar-refractivity contribution >= 4 is 0 Å². The van der Waals surface area contributed by atoms with Gasteiger partial charge in [0.05, 0.1) is 0 Å². The first-order chi connectivity index (χ1) is 12.4. The van der Waals surface area contributed by atoms with Crippen molar-refractivity contribution in [2.24, 2.45) is 0 Å². The molecule has 150 valence electrons. The van der Waals surface area contributed by atoms with Gasteiger partial charge in [-0.2, -0.15) is 0 Å². The first-order valence-corrected chi connectivity index (χ1v) is 12.1. The molecule has 0 heteroatoms. The lowest BCUT2D eigenvalue weighted by atomic mass is 10.0. The van der Waals surface area contributed by atoms with Crippen LogP contribution in [0.3, 0.4) is 0 Å². The third-order valence-corrected chi connectivity index (χ3v) is 5.38. The van der Waals surface area contributed by atoms with Crippen molar-refractivity contribution in [3.63, 3.8) is 0 Å². The summed E-state index contributed by atoms with van der Waals surface area (Å²) >= 11 is 0. The molecule has 0 nitrogen and oxygen atoms in total. The van der Waals surface area contributed by atoms with Gasteiger partial charge in [0.2, 0.25) is 0 Å². The molecule has 0 amide bonds. The molecule has 0 bridgehead atoms. The van der Waals surface area contributed by atoms with Gasteiger partial charge in [0.25, 0.3) is 0 Å². The maximum Gasteiger partial charge on any atom is -0.0351 e. The average Bonchev–Trinajstić information content (AvgIpc) is 2.63. The van der Waals surface area contributed by atoms with Gasteiger partial charge in [-0.25, -0.2) is 0 Å². The van der Waals surface area contributed by atoms with E-state index in [9.17, 15) is 0 Å². The quantitative estimate of drug-likeness (QED) is 0.143. The fourth-order valence-corrected chi connectivity index (χ4v) is 3.63. The van der Waals surface area contributed by atoms with Crippen molar-refractivity contribution in [2.75, 3.05) is 0 Å². The van der Waals surface area contributed by atoms with Crippen molar-refractivity contribution in [3.8, 4) is 0 Å². The molecule has 0 saturated heterocycles. The summed E-state index contributed by atoms with van der Waals surface area (Å²) in [6.45, 7) is 4.52. The number of allylic oxidation sites excluding steroid dienone is 2. The molecular weight excluding hydrogens is 300 g/mol. The van der Waals surface area contributed by atoms with E-state index in [1.165, 1.54) is 135 Å². The van der Waals surface area contributed by atoms with Crippen LogP contribution >= 0.6 is 0 Å². The first kappa shape index (κ1) is 24.7. The van der Waals surface area contributed by atoms with E-state index in [-0.39, 0.29) is 0 Å². The van der Waals surface area contributed by atoms with Crippen molar-refractivity contribution < 1.29 is 0 Å². The van der Waals surface area contributed by atoms with Crippen molar-refractivity contribution in [3.05, 3.63) is 12.2 Å². The van der Waals surface area contributed by atoms with E-state index in [2.05, 4.69) is 26.0 Å². The molecule has 0 saturated carbocycles. The molecule has 0 aliphatic rings. The highest BCUT2D eigenvalue weighted by Crippen LogP contribution is 2.14. The van der Waals surface area contributed by atoms with Gasteiger partial charge in [-0.1, -0.05) is 142 Å². The fraction of sp³-hybridized carbons (Fsp3) is 0.920. The van der Waals surface area contributed by atoms with Gasteiger partial charge in [0, 0.05) is 0 Å².